The minimum atomic E-state index is 0.00809. The second-order valence-electron chi connectivity index (χ2n) is 5.68. The van der Waals surface area contributed by atoms with Gasteiger partial charge in [-0.2, -0.15) is 0 Å². The van der Waals surface area contributed by atoms with Gasteiger partial charge in [0.15, 0.2) is 11.5 Å². The van der Waals surface area contributed by atoms with E-state index in [1.54, 1.807) is 27.4 Å². The molecule has 0 radical (unpaired) electrons. The zero-order chi connectivity index (χ0) is 17.4. The number of nitrogens with zero attached hydrogens (tertiary/aromatic N) is 1. The van der Waals surface area contributed by atoms with Gasteiger partial charge in [-0.05, 0) is 25.6 Å². The molecule has 7 nitrogen and oxygen atoms in total. The summed E-state index contributed by atoms with van der Waals surface area (Å²) in [5, 5.41) is 6.28. The van der Waals surface area contributed by atoms with E-state index in [-0.39, 0.29) is 5.91 Å². The van der Waals surface area contributed by atoms with Crippen LogP contribution in [0, 0.1) is 0 Å². The zero-order valence-corrected chi connectivity index (χ0v) is 14.7. The van der Waals surface area contributed by atoms with E-state index in [1.165, 1.54) is 0 Å². The van der Waals surface area contributed by atoms with Crippen molar-refractivity contribution >= 4 is 5.91 Å². The van der Waals surface area contributed by atoms with E-state index in [0.29, 0.717) is 30.3 Å². The Morgan fingerprint density at radius 2 is 1.79 bits per heavy atom. The molecule has 1 aliphatic rings. The second-order valence-corrected chi connectivity index (χ2v) is 5.68. The molecule has 1 heterocycles. The van der Waals surface area contributed by atoms with Crippen molar-refractivity contribution in [2.75, 3.05) is 54.1 Å². The molecule has 24 heavy (non-hydrogen) atoms. The van der Waals surface area contributed by atoms with E-state index in [4.69, 9.17) is 14.2 Å². The summed E-state index contributed by atoms with van der Waals surface area (Å²) in [6.45, 7) is 4.58. The van der Waals surface area contributed by atoms with Gasteiger partial charge < -0.3 is 24.8 Å². The van der Waals surface area contributed by atoms with Gasteiger partial charge >= 0.3 is 0 Å². The van der Waals surface area contributed by atoms with Gasteiger partial charge in [0.25, 0.3) is 0 Å². The molecule has 2 N–H and O–H groups in total. The largest absolute Gasteiger partial charge is 0.496 e. The lowest BCUT2D eigenvalue weighted by atomic mass is 10.1. The first-order valence-corrected chi connectivity index (χ1v) is 8.16. The first-order chi connectivity index (χ1) is 11.7. The van der Waals surface area contributed by atoms with Crippen LogP contribution in [0.1, 0.15) is 12.0 Å². The Morgan fingerprint density at radius 1 is 1.08 bits per heavy atom. The van der Waals surface area contributed by atoms with Gasteiger partial charge in [0.05, 0.1) is 27.9 Å². The molecule has 0 aromatic heterocycles. The maximum Gasteiger partial charge on any atom is 0.234 e. The number of rotatable bonds is 7. The van der Waals surface area contributed by atoms with Gasteiger partial charge in [0.2, 0.25) is 5.91 Å². The van der Waals surface area contributed by atoms with Crippen LogP contribution in [0.4, 0.5) is 0 Å². The standard InChI is InChI=1S/C17H27N3O4/c1-22-14-10-16(24-3)15(23-2)9-13(14)11-19-17(21)12-20-7-4-5-18-6-8-20/h9-10,18H,4-8,11-12H2,1-3H3,(H,19,21). The lowest BCUT2D eigenvalue weighted by Crippen LogP contribution is -2.38. The van der Waals surface area contributed by atoms with Gasteiger partial charge in [-0.3, -0.25) is 9.69 Å². The molecular formula is C17H27N3O4. The SMILES string of the molecule is COc1cc(OC)c(OC)cc1CNC(=O)CN1CCCNCC1. The number of benzene rings is 1. The van der Waals surface area contributed by atoms with Crippen molar-refractivity contribution in [2.24, 2.45) is 0 Å². The quantitative estimate of drug-likeness (QED) is 0.760. The highest BCUT2D eigenvalue weighted by Gasteiger charge is 2.15. The minimum absolute atomic E-state index is 0.00809. The number of carbonyl (C=O) groups is 1. The fraction of sp³-hybridized carbons (Fsp3) is 0.588. The van der Waals surface area contributed by atoms with Crippen molar-refractivity contribution < 1.29 is 19.0 Å². The Bertz CT molecular complexity index is 543. The Balaban J connectivity index is 1.95. The Morgan fingerprint density at radius 3 is 2.50 bits per heavy atom. The van der Waals surface area contributed by atoms with Crippen molar-refractivity contribution in [3.05, 3.63) is 17.7 Å². The molecule has 0 aliphatic carbocycles. The van der Waals surface area contributed by atoms with Gasteiger partial charge in [-0.25, -0.2) is 0 Å². The van der Waals surface area contributed by atoms with Gasteiger partial charge in [-0.1, -0.05) is 0 Å². The molecule has 0 bridgehead atoms. The molecule has 0 spiro atoms. The summed E-state index contributed by atoms with van der Waals surface area (Å²) in [6.07, 6.45) is 1.07. The summed E-state index contributed by atoms with van der Waals surface area (Å²) >= 11 is 0. The molecule has 1 fully saturated rings. The molecule has 2 rings (SSSR count). The maximum atomic E-state index is 12.2. The number of amides is 1. The summed E-state index contributed by atoms with van der Waals surface area (Å²) < 4.78 is 16.0. The van der Waals surface area contributed by atoms with E-state index in [0.717, 1.165) is 38.2 Å². The summed E-state index contributed by atoms with van der Waals surface area (Å²) in [5.74, 6) is 1.88. The molecule has 1 aromatic rings. The number of hydrogen-bond acceptors (Lipinski definition) is 6. The highest BCUT2D eigenvalue weighted by molar-refractivity contribution is 5.78. The van der Waals surface area contributed by atoms with E-state index in [9.17, 15) is 4.79 Å². The van der Waals surface area contributed by atoms with Crippen LogP contribution in [-0.2, 0) is 11.3 Å². The highest BCUT2D eigenvalue weighted by Crippen LogP contribution is 2.34. The Hall–Kier alpha value is -1.99. The summed E-state index contributed by atoms with van der Waals surface area (Å²) in [5.41, 5.74) is 0.848. The smallest absolute Gasteiger partial charge is 0.234 e. The number of methoxy groups -OCH3 is 3. The van der Waals surface area contributed by atoms with Crippen LogP contribution in [0.5, 0.6) is 17.2 Å². The number of nitrogens with one attached hydrogen (secondary N) is 2. The minimum Gasteiger partial charge on any atom is -0.496 e. The predicted octanol–water partition coefficient (Wildman–Crippen LogP) is 0.624. The summed E-state index contributed by atoms with van der Waals surface area (Å²) in [7, 11) is 4.76. The van der Waals surface area contributed by atoms with Crippen LogP contribution in [0.25, 0.3) is 0 Å². The van der Waals surface area contributed by atoms with Crippen LogP contribution < -0.4 is 24.8 Å². The van der Waals surface area contributed by atoms with E-state index in [2.05, 4.69) is 15.5 Å². The fourth-order valence-electron chi connectivity index (χ4n) is 2.74. The van der Waals surface area contributed by atoms with Crippen molar-refractivity contribution in [3.8, 4) is 17.2 Å². The van der Waals surface area contributed by atoms with E-state index >= 15 is 0 Å². The molecule has 0 atom stereocenters. The fourth-order valence-corrected chi connectivity index (χ4v) is 2.74. The predicted molar refractivity (Wildman–Crippen MR) is 91.9 cm³/mol. The first kappa shape index (κ1) is 18.4. The number of hydrogen-bond donors (Lipinski definition) is 2. The Labute approximate surface area is 143 Å². The highest BCUT2D eigenvalue weighted by atomic mass is 16.5. The van der Waals surface area contributed by atoms with Crippen LogP contribution in [0.15, 0.2) is 12.1 Å². The van der Waals surface area contributed by atoms with Crippen molar-refractivity contribution in [2.45, 2.75) is 13.0 Å². The molecule has 0 saturated carbocycles. The van der Waals surface area contributed by atoms with Crippen molar-refractivity contribution in [1.29, 1.82) is 0 Å². The Kier molecular flexibility index (Phi) is 7.14. The molecule has 134 valence electrons. The molecule has 1 saturated heterocycles. The van der Waals surface area contributed by atoms with E-state index < -0.39 is 0 Å². The molecule has 1 aromatic carbocycles. The maximum absolute atomic E-state index is 12.2. The van der Waals surface area contributed by atoms with Gasteiger partial charge in [0, 0.05) is 31.3 Å². The monoisotopic (exact) mass is 337 g/mol. The van der Waals surface area contributed by atoms with Gasteiger partial charge in [-0.15, -0.1) is 0 Å². The van der Waals surface area contributed by atoms with Gasteiger partial charge in [0.1, 0.15) is 5.75 Å². The lowest BCUT2D eigenvalue weighted by Gasteiger charge is -2.19. The molecular weight excluding hydrogens is 310 g/mol. The third-order valence-corrected chi connectivity index (χ3v) is 4.06. The molecule has 1 aliphatic heterocycles. The third-order valence-electron chi connectivity index (χ3n) is 4.06. The van der Waals surface area contributed by atoms with Crippen LogP contribution >= 0.6 is 0 Å². The summed E-state index contributed by atoms with van der Waals surface area (Å²) in [4.78, 5) is 14.4. The first-order valence-electron chi connectivity index (χ1n) is 8.16. The average Bonchev–Trinajstić information content (AvgIpc) is 2.87. The molecule has 0 unspecified atom stereocenters. The van der Waals surface area contributed by atoms with E-state index in [1.807, 2.05) is 6.07 Å². The average molecular weight is 337 g/mol. The van der Waals surface area contributed by atoms with Crippen molar-refractivity contribution in [1.82, 2.24) is 15.5 Å². The molecule has 7 heteroatoms. The topological polar surface area (TPSA) is 72.1 Å². The van der Waals surface area contributed by atoms with Crippen LogP contribution in [0.2, 0.25) is 0 Å². The van der Waals surface area contributed by atoms with Crippen LogP contribution in [-0.4, -0.2) is 64.9 Å². The zero-order valence-electron chi connectivity index (χ0n) is 14.7. The number of carbonyl (C=O) groups excluding carboxylic acids is 1. The molecule has 1 amide bonds. The lowest BCUT2D eigenvalue weighted by molar-refractivity contribution is -0.122. The summed E-state index contributed by atoms with van der Waals surface area (Å²) in [6, 6.07) is 3.59. The second kappa shape index (κ2) is 9.34. The van der Waals surface area contributed by atoms with Crippen molar-refractivity contribution in [3.63, 3.8) is 0 Å². The van der Waals surface area contributed by atoms with Crippen LogP contribution in [0.3, 0.4) is 0 Å². The third kappa shape index (κ3) is 5.01. The normalized spacial score (nSPS) is 15.5. The number of ether oxygens (including phenoxy) is 3.